The van der Waals surface area contributed by atoms with Gasteiger partial charge in [0.05, 0.1) is 11.7 Å². The Morgan fingerprint density at radius 1 is 1.18 bits per heavy atom. The number of ketones is 1. The van der Waals surface area contributed by atoms with Gasteiger partial charge in [-0.15, -0.1) is 0 Å². The van der Waals surface area contributed by atoms with Crippen molar-refractivity contribution in [2.45, 2.75) is 96.6 Å². The van der Waals surface area contributed by atoms with Crippen LogP contribution in [0, 0.1) is 0 Å². The summed E-state index contributed by atoms with van der Waals surface area (Å²) in [7, 11) is 0. The largest absolute Gasteiger partial charge is 0.462 e. The molecule has 0 radical (unpaired) electrons. The lowest BCUT2D eigenvalue weighted by Crippen LogP contribution is -2.26. The van der Waals surface area contributed by atoms with Crippen LogP contribution in [0.5, 0.6) is 0 Å². The van der Waals surface area contributed by atoms with Crippen molar-refractivity contribution in [1.29, 1.82) is 0 Å². The van der Waals surface area contributed by atoms with Crippen LogP contribution in [0.4, 0.5) is 0 Å². The van der Waals surface area contributed by atoms with Gasteiger partial charge in [0.1, 0.15) is 18.0 Å². The van der Waals surface area contributed by atoms with E-state index in [1.807, 2.05) is 26.8 Å². The van der Waals surface area contributed by atoms with E-state index in [1.165, 1.54) is 13.0 Å². The highest BCUT2D eigenvalue weighted by Crippen LogP contribution is 2.34. The molecule has 0 unspecified atom stereocenters. The third kappa shape index (κ3) is 7.58. The molecule has 0 aromatic carbocycles. The second kappa shape index (κ2) is 10.0. The van der Waals surface area contributed by atoms with Crippen LogP contribution in [0.3, 0.4) is 0 Å². The molecular weight excluding hydrogens is 360 g/mol. The van der Waals surface area contributed by atoms with E-state index < -0.39 is 12.1 Å². The second-order valence-electron chi connectivity index (χ2n) is 8.38. The van der Waals surface area contributed by atoms with Crippen molar-refractivity contribution in [3.05, 3.63) is 23.8 Å². The fourth-order valence-corrected chi connectivity index (χ4v) is 3.62. The Morgan fingerprint density at radius 2 is 1.93 bits per heavy atom. The van der Waals surface area contributed by atoms with Crippen LogP contribution >= 0.6 is 0 Å². The summed E-state index contributed by atoms with van der Waals surface area (Å²) in [5, 5.41) is 0. The van der Waals surface area contributed by atoms with Crippen molar-refractivity contribution >= 4 is 17.7 Å². The van der Waals surface area contributed by atoms with Crippen molar-refractivity contribution in [3.63, 3.8) is 0 Å². The van der Waals surface area contributed by atoms with Crippen LogP contribution in [0.2, 0.25) is 0 Å². The maximum atomic E-state index is 12.1. The molecule has 156 valence electrons. The Balaban J connectivity index is 2.13. The molecule has 1 fully saturated rings. The molecule has 0 spiro atoms. The Kier molecular flexibility index (Phi) is 7.98. The van der Waals surface area contributed by atoms with Gasteiger partial charge in [0.2, 0.25) is 0 Å². The molecule has 6 nitrogen and oxygen atoms in total. The van der Waals surface area contributed by atoms with Crippen molar-refractivity contribution in [2.24, 2.45) is 0 Å². The number of allylic oxidation sites excluding steroid dienone is 2. The molecule has 0 saturated carbocycles. The first-order valence-corrected chi connectivity index (χ1v) is 10.0. The van der Waals surface area contributed by atoms with E-state index in [4.69, 9.17) is 14.2 Å². The second-order valence-corrected chi connectivity index (χ2v) is 8.38. The van der Waals surface area contributed by atoms with E-state index in [1.54, 1.807) is 6.08 Å². The standard InChI is InChI=1S/C22H32O6/c1-15-9-11-17(13-16(2)23)26-20(24)7-5-6-8-21(25)27-19-14-22(3,4)28-18(19)12-10-15/h6,8-9,17-19H,5,7,10-14H2,1-4H3/b8-6+,15-9+/t17-,18-,19+/m0/s1. The fourth-order valence-electron chi connectivity index (χ4n) is 3.62. The van der Waals surface area contributed by atoms with Gasteiger partial charge in [-0.1, -0.05) is 17.7 Å². The normalized spacial score (nSPS) is 32.4. The Labute approximate surface area is 167 Å². The van der Waals surface area contributed by atoms with Crippen LogP contribution < -0.4 is 0 Å². The molecule has 0 aliphatic carbocycles. The van der Waals surface area contributed by atoms with E-state index in [2.05, 4.69) is 0 Å². The third-order valence-electron chi connectivity index (χ3n) is 4.98. The number of cyclic esters (lactones) is 1. The van der Waals surface area contributed by atoms with E-state index in [9.17, 15) is 14.4 Å². The number of carbonyl (C=O) groups excluding carboxylic acids is 3. The summed E-state index contributed by atoms with van der Waals surface area (Å²) >= 11 is 0. The molecule has 2 rings (SSSR count). The summed E-state index contributed by atoms with van der Waals surface area (Å²) in [6, 6.07) is 0. The van der Waals surface area contributed by atoms with Gasteiger partial charge in [0, 0.05) is 31.8 Å². The zero-order valence-corrected chi connectivity index (χ0v) is 17.4. The average molecular weight is 392 g/mol. The lowest BCUT2D eigenvalue weighted by molar-refractivity contribution is -0.150. The topological polar surface area (TPSA) is 78.9 Å². The lowest BCUT2D eigenvalue weighted by atomic mass is 9.99. The zero-order valence-electron chi connectivity index (χ0n) is 17.4. The first-order valence-electron chi connectivity index (χ1n) is 10.0. The maximum Gasteiger partial charge on any atom is 0.330 e. The zero-order chi connectivity index (χ0) is 20.7. The molecule has 2 aliphatic rings. The van der Waals surface area contributed by atoms with Crippen LogP contribution in [0.15, 0.2) is 23.8 Å². The molecule has 0 bridgehead atoms. The minimum Gasteiger partial charge on any atom is -0.462 e. The highest BCUT2D eigenvalue weighted by atomic mass is 16.6. The first-order chi connectivity index (χ1) is 13.1. The third-order valence-corrected chi connectivity index (χ3v) is 4.98. The molecule has 0 aromatic rings. The number of hydrogen-bond acceptors (Lipinski definition) is 6. The van der Waals surface area contributed by atoms with Crippen molar-refractivity contribution in [1.82, 2.24) is 0 Å². The number of Topliss-reactive ketones (excluding diaryl/α,β-unsaturated/α-hetero) is 1. The number of rotatable bonds is 2. The number of carbonyl (C=O) groups is 3. The average Bonchev–Trinajstić information content (AvgIpc) is 2.87. The first kappa shape index (κ1) is 22.3. The fraction of sp³-hybridized carbons (Fsp3) is 0.682. The number of fused-ring (bicyclic) bond motifs is 1. The summed E-state index contributed by atoms with van der Waals surface area (Å²) in [6.07, 6.45) is 7.58. The smallest absolute Gasteiger partial charge is 0.330 e. The van der Waals surface area contributed by atoms with E-state index in [0.29, 0.717) is 19.3 Å². The van der Waals surface area contributed by atoms with Crippen molar-refractivity contribution < 1.29 is 28.6 Å². The van der Waals surface area contributed by atoms with Gasteiger partial charge in [0.15, 0.2) is 0 Å². The number of esters is 2. The van der Waals surface area contributed by atoms with Gasteiger partial charge in [-0.2, -0.15) is 0 Å². The van der Waals surface area contributed by atoms with Crippen LogP contribution in [-0.2, 0) is 28.6 Å². The molecule has 28 heavy (non-hydrogen) atoms. The van der Waals surface area contributed by atoms with E-state index >= 15 is 0 Å². The number of hydrogen-bond donors (Lipinski definition) is 0. The Hall–Kier alpha value is -1.95. The Morgan fingerprint density at radius 3 is 2.64 bits per heavy atom. The summed E-state index contributed by atoms with van der Waals surface area (Å²) in [5.74, 6) is -0.794. The summed E-state index contributed by atoms with van der Waals surface area (Å²) in [5.41, 5.74) is 0.808. The van der Waals surface area contributed by atoms with Crippen LogP contribution in [-0.4, -0.2) is 41.6 Å². The van der Waals surface area contributed by atoms with Crippen LogP contribution in [0.25, 0.3) is 0 Å². The molecule has 3 atom stereocenters. The Bertz CT molecular complexity index is 645. The van der Waals surface area contributed by atoms with Crippen LogP contribution in [0.1, 0.15) is 72.6 Å². The van der Waals surface area contributed by atoms with Gasteiger partial charge >= 0.3 is 11.9 Å². The van der Waals surface area contributed by atoms with E-state index in [0.717, 1.165) is 18.4 Å². The van der Waals surface area contributed by atoms with Gasteiger partial charge in [-0.25, -0.2) is 4.79 Å². The minimum atomic E-state index is -0.448. The lowest BCUT2D eigenvalue weighted by Gasteiger charge is -2.20. The monoisotopic (exact) mass is 392 g/mol. The molecule has 0 aromatic heterocycles. The van der Waals surface area contributed by atoms with E-state index in [-0.39, 0.29) is 42.4 Å². The minimum absolute atomic E-state index is 0.00896. The van der Waals surface area contributed by atoms with Gasteiger partial charge < -0.3 is 14.2 Å². The molecule has 0 amide bonds. The predicted octanol–water partition coefficient (Wildman–Crippen LogP) is 3.82. The number of ether oxygens (including phenoxy) is 3. The quantitative estimate of drug-likeness (QED) is 0.525. The van der Waals surface area contributed by atoms with Gasteiger partial charge in [-0.05, 0) is 47.0 Å². The summed E-state index contributed by atoms with van der Waals surface area (Å²) in [4.78, 5) is 35.6. The van der Waals surface area contributed by atoms with Gasteiger partial charge in [0.25, 0.3) is 0 Å². The van der Waals surface area contributed by atoms with Crippen molar-refractivity contribution in [2.75, 3.05) is 0 Å². The molecule has 0 N–H and O–H groups in total. The molecule has 6 heteroatoms. The molecule has 1 saturated heterocycles. The molecule has 2 heterocycles. The molecule has 2 aliphatic heterocycles. The predicted molar refractivity (Wildman–Crippen MR) is 105 cm³/mol. The van der Waals surface area contributed by atoms with Gasteiger partial charge in [-0.3, -0.25) is 9.59 Å². The molecular formula is C22H32O6. The summed E-state index contributed by atoms with van der Waals surface area (Å²) < 4.78 is 17.2. The highest BCUT2D eigenvalue weighted by molar-refractivity contribution is 5.82. The SMILES string of the molecule is CC(=O)C[C@@H]1C/C=C(\C)CC[C@@H]2OC(C)(C)C[C@H]2OC(=O)/C=C/CCC(=O)O1. The van der Waals surface area contributed by atoms with Crippen molar-refractivity contribution in [3.8, 4) is 0 Å². The summed E-state index contributed by atoms with van der Waals surface area (Å²) in [6.45, 7) is 7.52. The maximum absolute atomic E-state index is 12.1. The highest BCUT2D eigenvalue weighted by Gasteiger charge is 2.42.